The first-order valence-corrected chi connectivity index (χ1v) is 5.56. The van der Waals surface area contributed by atoms with Crippen molar-refractivity contribution in [1.82, 2.24) is 19.6 Å². The zero-order valence-electron chi connectivity index (χ0n) is 9.13. The number of hydrogen-bond donors (Lipinski definition) is 0. The van der Waals surface area contributed by atoms with E-state index in [0.29, 0.717) is 5.15 Å². The van der Waals surface area contributed by atoms with E-state index in [4.69, 9.17) is 11.6 Å². The van der Waals surface area contributed by atoms with Gasteiger partial charge in [0.15, 0.2) is 5.65 Å². The fourth-order valence-electron chi connectivity index (χ4n) is 1.86. The second-order valence-corrected chi connectivity index (χ2v) is 4.10. The van der Waals surface area contributed by atoms with E-state index in [2.05, 4.69) is 15.1 Å². The molecular formula is C12H9ClN4. The highest BCUT2D eigenvalue weighted by atomic mass is 35.5. The Morgan fingerprint density at radius 1 is 1.24 bits per heavy atom. The summed E-state index contributed by atoms with van der Waals surface area (Å²) in [6, 6.07) is 7.45. The van der Waals surface area contributed by atoms with E-state index < -0.39 is 0 Å². The van der Waals surface area contributed by atoms with Gasteiger partial charge in [-0.1, -0.05) is 11.6 Å². The van der Waals surface area contributed by atoms with Crippen molar-refractivity contribution in [3.05, 3.63) is 47.5 Å². The van der Waals surface area contributed by atoms with Gasteiger partial charge in [-0.05, 0) is 31.2 Å². The van der Waals surface area contributed by atoms with Crippen molar-refractivity contribution in [2.45, 2.75) is 6.92 Å². The van der Waals surface area contributed by atoms with Gasteiger partial charge in [0.2, 0.25) is 0 Å². The van der Waals surface area contributed by atoms with E-state index in [1.54, 1.807) is 23.0 Å². The molecule has 17 heavy (non-hydrogen) atoms. The van der Waals surface area contributed by atoms with Crippen molar-refractivity contribution in [1.29, 1.82) is 0 Å². The van der Waals surface area contributed by atoms with Crippen molar-refractivity contribution < 1.29 is 0 Å². The molecule has 3 aromatic rings. The highest BCUT2D eigenvalue weighted by Gasteiger charge is 2.12. The van der Waals surface area contributed by atoms with Crippen molar-refractivity contribution in [2.24, 2.45) is 0 Å². The van der Waals surface area contributed by atoms with Gasteiger partial charge in [-0.2, -0.15) is 5.10 Å². The van der Waals surface area contributed by atoms with Gasteiger partial charge in [0.05, 0.1) is 11.4 Å². The molecular weight excluding hydrogens is 236 g/mol. The summed E-state index contributed by atoms with van der Waals surface area (Å²) < 4.78 is 1.74. The van der Waals surface area contributed by atoms with Crippen LogP contribution in [0.15, 0.2) is 36.7 Å². The summed E-state index contributed by atoms with van der Waals surface area (Å²) in [6.07, 6.45) is 3.53. The lowest BCUT2D eigenvalue weighted by Gasteiger charge is -2.01. The van der Waals surface area contributed by atoms with Crippen LogP contribution in [0.2, 0.25) is 5.15 Å². The number of rotatable bonds is 1. The highest BCUT2D eigenvalue weighted by Crippen LogP contribution is 2.23. The molecule has 0 fully saturated rings. The SMILES string of the molecule is Cc1nc2ccc(Cl)nn2c1-c1cccnc1. The molecule has 0 radical (unpaired) electrons. The molecule has 0 saturated heterocycles. The zero-order valence-corrected chi connectivity index (χ0v) is 9.89. The summed E-state index contributed by atoms with van der Waals surface area (Å²) in [4.78, 5) is 8.55. The van der Waals surface area contributed by atoms with Gasteiger partial charge in [0, 0.05) is 18.0 Å². The Kier molecular flexibility index (Phi) is 2.30. The van der Waals surface area contributed by atoms with E-state index in [1.807, 2.05) is 25.1 Å². The Labute approximate surface area is 103 Å². The maximum atomic E-state index is 5.91. The first-order valence-electron chi connectivity index (χ1n) is 5.18. The van der Waals surface area contributed by atoms with E-state index in [9.17, 15) is 0 Å². The van der Waals surface area contributed by atoms with Gasteiger partial charge in [-0.15, -0.1) is 0 Å². The van der Waals surface area contributed by atoms with Gasteiger partial charge in [0.25, 0.3) is 0 Å². The predicted molar refractivity (Wildman–Crippen MR) is 66.0 cm³/mol. The molecule has 0 aliphatic heterocycles. The minimum Gasteiger partial charge on any atom is -0.264 e. The number of aromatic nitrogens is 4. The van der Waals surface area contributed by atoms with Crippen LogP contribution in [0.5, 0.6) is 0 Å². The fourth-order valence-corrected chi connectivity index (χ4v) is 1.99. The molecule has 0 unspecified atom stereocenters. The first kappa shape index (κ1) is 10.2. The van der Waals surface area contributed by atoms with Gasteiger partial charge in [-0.3, -0.25) is 4.98 Å². The quantitative estimate of drug-likeness (QED) is 0.661. The number of halogens is 1. The second kappa shape index (κ2) is 3.82. The van der Waals surface area contributed by atoms with Gasteiger partial charge in [-0.25, -0.2) is 9.50 Å². The largest absolute Gasteiger partial charge is 0.264 e. The average Bonchev–Trinajstić information content (AvgIpc) is 2.65. The molecule has 0 saturated carbocycles. The Morgan fingerprint density at radius 3 is 2.88 bits per heavy atom. The highest BCUT2D eigenvalue weighted by molar-refractivity contribution is 6.29. The lowest BCUT2D eigenvalue weighted by atomic mass is 10.2. The first-order chi connectivity index (χ1) is 8.25. The van der Waals surface area contributed by atoms with Crippen LogP contribution in [-0.4, -0.2) is 19.6 Å². The van der Waals surface area contributed by atoms with Crippen molar-refractivity contribution >= 4 is 17.2 Å². The van der Waals surface area contributed by atoms with Crippen LogP contribution in [-0.2, 0) is 0 Å². The maximum Gasteiger partial charge on any atom is 0.154 e. The van der Waals surface area contributed by atoms with Crippen molar-refractivity contribution in [3.8, 4) is 11.3 Å². The maximum absolute atomic E-state index is 5.91. The summed E-state index contributed by atoms with van der Waals surface area (Å²) in [5.41, 5.74) is 3.60. The van der Waals surface area contributed by atoms with Gasteiger partial charge >= 0.3 is 0 Å². The number of aryl methyl sites for hydroxylation is 1. The number of pyridine rings is 1. The molecule has 3 aromatic heterocycles. The zero-order chi connectivity index (χ0) is 11.8. The number of fused-ring (bicyclic) bond motifs is 1. The number of nitrogens with zero attached hydrogens (tertiary/aromatic N) is 4. The van der Waals surface area contributed by atoms with Crippen LogP contribution in [0.4, 0.5) is 0 Å². The lowest BCUT2D eigenvalue weighted by Crippen LogP contribution is -1.95. The van der Waals surface area contributed by atoms with Crippen LogP contribution in [0.3, 0.4) is 0 Å². The molecule has 0 aliphatic rings. The van der Waals surface area contributed by atoms with Crippen LogP contribution < -0.4 is 0 Å². The van der Waals surface area contributed by atoms with E-state index in [0.717, 1.165) is 22.6 Å². The van der Waals surface area contributed by atoms with Crippen LogP contribution in [0.25, 0.3) is 16.9 Å². The molecule has 3 heterocycles. The summed E-state index contributed by atoms with van der Waals surface area (Å²) in [6.45, 7) is 1.95. The molecule has 84 valence electrons. The molecule has 0 N–H and O–H groups in total. The van der Waals surface area contributed by atoms with Crippen LogP contribution >= 0.6 is 11.6 Å². The molecule has 0 atom stereocenters. The van der Waals surface area contributed by atoms with Crippen molar-refractivity contribution in [3.63, 3.8) is 0 Å². The second-order valence-electron chi connectivity index (χ2n) is 3.71. The third-order valence-corrected chi connectivity index (χ3v) is 2.76. The van der Waals surface area contributed by atoms with Crippen LogP contribution in [0, 0.1) is 6.92 Å². The third-order valence-electron chi connectivity index (χ3n) is 2.55. The molecule has 0 spiro atoms. The van der Waals surface area contributed by atoms with Gasteiger partial charge in [0.1, 0.15) is 5.15 Å². The topological polar surface area (TPSA) is 43.1 Å². The summed E-state index contributed by atoms with van der Waals surface area (Å²) in [7, 11) is 0. The predicted octanol–water partition coefficient (Wildman–Crippen LogP) is 2.75. The average molecular weight is 245 g/mol. The Hall–Kier alpha value is -1.94. The van der Waals surface area contributed by atoms with E-state index >= 15 is 0 Å². The standard InChI is InChI=1S/C12H9ClN4/c1-8-12(9-3-2-6-14-7-9)17-11(15-8)5-4-10(13)16-17/h2-7H,1H3. The van der Waals surface area contributed by atoms with Crippen molar-refractivity contribution in [2.75, 3.05) is 0 Å². The summed E-state index contributed by atoms with van der Waals surface area (Å²) in [5, 5.41) is 4.71. The normalized spacial score (nSPS) is 10.9. The Bertz CT molecular complexity index is 676. The smallest absolute Gasteiger partial charge is 0.154 e. The lowest BCUT2D eigenvalue weighted by molar-refractivity contribution is 0.941. The van der Waals surface area contributed by atoms with E-state index in [-0.39, 0.29) is 0 Å². The third kappa shape index (κ3) is 1.66. The van der Waals surface area contributed by atoms with Crippen LogP contribution in [0.1, 0.15) is 5.69 Å². The monoisotopic (exact) mass is 244 g/mol. The molecule has 0 bridgehead atoms. The minimum absolute atomic E-state index is 0.444. The fraction of sp³-hybridized carbons (Fsp3) is 0.0833. The number of imidazole rings is 1. The molecule has 5 heteroatoms. The Balaban J connectivity index is 2.35. The molecule has 3 rings (SSSR count). The number of hydrogen-bond acceptors (Lipinski definition) is 3. The Morgan fingerprint density at radius 2 is 2.12 bits per heavy atom. The van der Waals surface area contributed by atoms with E-state index in [1.165, 1.54) is 0 Å². The molecule has 0 aromatic carbocycles. The summed E-state index contributed by atoms with van der Waals surface area (Å²) in [5.74, 6) is 0. The van der Waals surface area contributed by atoms with Gasteiger partial charge < -0.3 is 0 Å². The molecule has 0 aliphatic carbocycles. The minimum atomic E-state index is 0.444. The molecule has 4 nitrogen and oxygen atoms in total. The summed E-state index contributed by atoms with van der Waals surface area (Å²) >= 11 is 5.91. The molecule has 0 amide bonds.